The molecule has 0 saturated carbocycles. The van der Waals surface area contributed by atoms with Crippen LogP contribution in [0.15, 0.2) is 48.5 Å². The van der Waals surface area contributed by atoms with E-state index in [0.717, 1.165) is 0 Å². The zero-order chi connectivity index (χ0) is 14.6. The molecule has 0 aromatic heterocycles. The number of rotatable bonds is 5. The fourth-order valence-corrected chi connectivity index (χ4v) is 2.20. The number of aliphatic hydroxyl groups excluding tert-OH is 1. The van der Waals surface area contributed by atoms with Gasteiger partial charge in [-0.1, -0.05) is 31.2 Å². The largest absolute Gasteiger partial charge is 0.394 e. The number of hydrogen-bond donors (Lipinski definition) is 2. The highest BCUT2D eigenvalue weighted by molar-refractivity contribution is 5.49. The first kappa shape index (κ1) is 14.5. The lowest BCUT2D eigenvalue weighted by Crippen LogP contribution is -2.38. The van der Waals surface area contributed by atoms with Gasteiger partial charge in [-0.05, 0) is 36.2 Å². The third-order valence-electron chi connectivity index (χ3n) is 3.52. The van der Waals surface area contributed by atoms with Crippen LogP contribution in [0.3, 0.4) is 0 Å². The summed E-state index contributed by atoms with van der Waals surface area (Å²) in [5, 5.41) is 12.8. The summed E-state index contributed by atoms with van der Waals surface area (Å²) in [4.78, 5) is 0. The van der Waals surface area contributed by atoms with Gasteiger partial charge in [-0.25, -0.2) is 8.78 Å². The van der Waals surface area contributed by atoms with E-state index in [1.807, 2.05) is 6.92 Å². The molecule has 1 atom stereocenters. The fraction of sp³-hybridized carbons (Fsp3) is 0.250. The van der Waals surface area contributed by atoms with Crippen LogP contribution >= 0.6 is 0 Å². The minimum Gasteiger partial charge on any atom is -0.394 e. The smallest absolute Gasteiger partial charge is 0.146 e. The summed E-state index contributed by atoms with van der Waals surface area (Å²) in [6.07, 6.45) is 0.531. The Morgan fingerprint density at radius 2 is 1.70 bits per heavy atom. The molecule has 0 heterocycles. The Kier molecular flexibility index (Phi) is 4.35. The highest BCUT2D eigenvalue weighted by Crippen LogP contribution is 2.30. The van der Waals surface area contributed by atoms with Crippen LogP contribution in [0, 0.1) is 11.6 Å². The number of aliphatic hydroxyl groups is 1. The molecule has 0 fully saturated rings. The van der Waals surface area contributed by atoms with Crippen molar-refractivity contribution in [3.63, 3.8) is 0 Å². The molecule has 0 saturated heterocycles. The number of hydrogen-bond acceptors (Lipinski definition) is 2. The lowest BCUT2D eigenvalue weighted by molar-refractivity contribution is 0.207. The summed E-state index contributed by atoms with van der Waals surface area (Å²) >= 11 is 0. The fourth-order valence-electron chi connectivity index (χ4n) is 2.20. The van der Waals surface area contributed by atoms with Crippen LogP contribution in [-0.4, -0.2) is 11.7 Å². The van der Waals surface area contributed by atoms with Gasteiger partial charge in [0, 0.05) is 0 Å². The SMILES string of the molecule is CCC(CO)(Nc1ccccc1F)c1ccc(F)cc1. The standard InChI is InChI=1S/C16H17F2NO/c1-2-16(11-20,12-7-9-13(17)10-8-12)19-15-6-4-3-5-14(15)18/h3-10,19-20H,2,11H2,1H3. The number of para-hydroxylation sites is 1. The van der Waals surface area contributed by atoms with E-state index in [0.29, 0.717) is 17.7 Å². The average Bonchev–Trinajstić information content (AvgIpc) is 2.48. The van der Waals surface area contributed by atoms with E-state index < -0.39 is 5.54 Å². The number of anilines is 1. The molecule has 2 aromatic carbocycles. The van der Waals surface area contributed by atoms with Crippen molar-refractivity contribution >= 4 is 5.69 Å². The van der Waals surface area contributed by atoms with Gasteiger partial charge >= 0.3 is 0 Å². The van der Waals surface area contributed by atoms with Gasteiger partial charge in [-0.3, -0.25) is 0 Å². The third kappa shape index (κ3) is 2.80. The molecule has 1 unspecified atom stereocenters. The second kappa shape index (κ2) is 6.01. The highest BCUT2D eigenvalue weighted by Gasteiger charge is 2.30. The van der Waals surface area contributed by atoms with Crippen molar-refractivity contribution in [2.24, 2.45) is 0 Å². The van der Waals surface area contributed by atoms with Crippen LogP contribution in [0.2, 0.25) is 0 Å². The predicted octanol–water partition coefficient (Wildman–Crippen LogP) is 3.67. The van der Waals surface area contributed by atoms with Gasteiger partial charge in [-0.2, -0.15) is 0 Å². The average molecular weight is 277 g/mol. The molecular formula is C16H17F2NO. The van der Waals surface area contributed by atoms with Crippen LogP contribution in [0.4, 0.5) is 14.5 Å². The van der Waals surface area contributed by atoms with E-state index in [2.05, 4.69) is 5.32 Å². The van der Waals surface area contributed by atoms with Gasteiger partial charge in [-0.15, -0.1) is 0 Å². The van der Waals surface area contributed by atoms with Crippen molar-refractivity contribution in [2.45, 2.75) is 18.9 Å². The van der Waals surface area contributed by atoms with Crippen molar-refractivity contribution in [1.82, 2.24) is 0 Å². The summed E-state index contributed by atoms with van der Waals surface area (Å²) in [6.45, 7) is 1.66. The second-order valence-corrected chi connectivity index (χ2v) is 4.71. The first-order valence-corrected chi connectivity index (χ1v) is 6.51. The van der Waals surface area contributed by atoms with E-state index >= 15 is 0 Å². The van der Waals surface area contributed by atoms with Crippen molar-refractivity contribution < 1.29 is 13.9 Å². The molecule has 0 aliphatic rings. The molecule has 4 heteroatoms. The molecule has 2 rings (SSSR count). The lowest BCUT2D eigenvalue weighted by atomic mass is 9.87. The normalized spacial score (nSPS) is 13.8. The predicted molar refractivity (Wildman–Crippen MR) is 75.5 cm³/mol. The molecule has 0 spiro atoms. The zero-order valence-electron chi connectivity index (χ0n) is 11.2. The first-order chi connectivity index (χ1) is 9.61. The highest BCUT2D eigenvalue weighted by atomic mass is 19.1. The number of benzene rings is 2. The lowest BCUT2D eigenvalue weighted by Gasteiger charge is -2.34. The zero-order valence-corrected chi connectivity index (χ0v) is 11.2. The molecular weight excluding hydrogens is 260 g/mol. The summed E-state index contributed by atoms with van der Waals surface area (Å²) in [5.41, 5.74) is 0.190. The van der Waals surface area contributed by atoms with E-state index in [1.54, 1.807) is 30.3 Å². The summed E-state index contributed by atoms with van der Waals surface area (Å²) < 4.78 is 26.8. The topological polar surface area (TPSA) is 32.3 Å². The maximum absolute atomic E-state index is 13.8. The van der Waals surface area contributed by atoms with Crippen LogP contribution in [0.5, 0.6) is 0 Å². The second-order valence-electron chi connectivity index (χ2n) is 4.71. The third-order valence-corrected chi connectivity index (χ3v) is 3.52. The molecule has 0 radical (unpaired) electrons. The van der Waals surface area contributed by atoms with Crippen molar-refractivity contribution in [3.05, 3.63) is 65.7 Å². The van der Waals surface area contributed by atoms with Gasteiger partial charge in [0.1, 0.15) is 11.6 Å². The Morgan fingerprint density at radius 3 is 2.25 bits per heavy atom. The monoisotopic (exact) mass is 277 g/mol. The Bertz CT molecular complexity index is 565. The van der Waals surface area contributed by atoms with Crippen LogP contribution in [-0.2, 0) is 5.54 Å². The molecule has 0 aliphatic heterocycles. The van der Waals surface area contributed by atoms with E-state index in [9.17, 15) is 13.9 Å². The van der Waals surface area contributed by atoms with Gasteiger partial charge < -0.3 is 10.4 Å². The molecule has 2 N–H and O–H groups in total. The van der Waals surface area contributed by atoms with E-state index in [-0.39, 0.29) is 18.2 Å². The molecule has 2 nitrogen and oxygen atoms in total. The van der Waals surface area contributed by atoms with Gasteiger partial charge in [0.2, 0.25) is 0 Å². The van der Waals surface area contributed by atoms with Crippen LogP contribution < -0.4 is 5.32 Å². The van der Waals surface area contributed by atoms with Crippen LogP contribution in [0.25, 0.3) is 0 Å². The maximum atomic E-state index is 13.8. The van der Waals surface area contributed by atoms with Crippen molar-refractivity contribution in [1.29, 1.82) is 0 Å². The van der Waals surface area contributed by atoms with E-state index in [1.165, 1.54) is 18.2 Å². The first-order valence-electron chi connectivity index (χ1n) is 6.51. The Labute approximate surface area is 117 Å². The molecule has 0 aliphatic carbocycles. The summed E-state index contributed by atoms with van der Waals surface area (Å²) in [5.74, 6) is -0.733. The number of nitrogens with one attached hydrogen (secondary N) is 1. The Morgan fingerprint density at radius 1 is 1.05 bits per heavy atom. The van der Waals surface area contributed by atoms with E-state index in [4.69, 9.17) is 0 Å². The quantitative estimate of drug-likeness (QED) is 0.874. The summed E-state index contributed by atoms with van der Waals surface area (Å²) in [7, 11) is 0. The van der Waals surface area contributed by atoms with Crippen molar-refractivity contribution in [3.8, 4) is 0 Å². The minimum atomic E-state index is -0.837. The molecule has 0 amide bonds. The Balaban J connectivity index is 2.39. The van der Waals surface area contributed by atoms with Crippen LogP contribution in [0.1, 0.15) is 18.9 Å². The number of halogens is 2. The molecule has 106 valence electrons. The minimum absolute atomic E-state index is 0.219. The molecule has 2 aromatic rings. The van der Waals surface area contributed by atoms with Gasteiger partial charge in [0.05, 0.1) is 17.8 Å². The molecule has 20 heavy (non-hydrogen) atoms. The van der Waals surface area contributed by atoms with Gasteiger partial charge in [0.25, 0.3) is 0 Å². The Hall–Kier alpha value is -1.94. The van der Waals surface area contributed by atoms with Gasteiger partial charge in [0.15, 0.2) is 0 Å². The molecule has 0 bridgehead atoms. The summed E-state index contributed by atoms with van der Waals surface area (Å²) in [6, 6.07) is 12.1. The maximum Gasteiger partial charge on any atom is 0.146 e. The van der Waals surface area contributed by atoms with Crippen molar-refractivity contribution in [2.75, 3.05) is 11.9 Å².